The highest BCUT2D eigenvalue weighted by atomic mass is 16.3. The van der Waals surface area contributed by atoms with Gasteiger partial charge < -0.3 is 10.0 Å². The Kier molecular flexibility index (Phi) is 1.46. The Morgan fingerprint density at radius 1 is 1.55 bits per heavy atom. The first-order valence-corrected chi connectivity index (χ1v) is 4.28. The average molecular weight is 153 g/mol. The van der Waals surface area contributed by atoms with Gasteiger partial charge >= 0.3 is 0 Å². The van der Waals surface area contributed by atoms with Gasteiger partial charge in [-0.2, -0.15) is 0 Å². The van der Waals surface area contributed by atoms with Crippen LogP contribution in [0, 0.1) is 5.92 Å². The summed E-state index contributed by atoms with van der Waals surface area (Å²) in [6.07, 6.45) is 2.10. The summed E-state index contributed by atoms with van der Waals surface area (Å²) in [5.41, 5.74) is 1.16. The summed E-state index contributed by atoms with van der Waals surface area (Å²) in [6.45, 7) is 7.00. The van der Waals surface area contributed by atoms with Crippen molar-refractivity contribution in [1.82, 2.24) is 4.90 Å². The van der Waals surface area contributed by atoms with E-state index >= 15 is 0 Å². The molecule has 3 atom stereocenters. The van der Waals surface area contributed by atoms with Crippen molar-refractivity contribution in [1.29, 1.82) is 0 Å². The second kappa shape index (κ2) is 2.24. The van der Waals surface area contributed by atoms with Gasteiger partial charge in [-0.25, -0.2) is 0 Å². The number of nitrogens with zero attached hydrogens (tertiary/aromatic N) is 1. The van der Waals surface area contributed by atoms with E-state index in [4.69, 9.17) is 0 Å². The Morgan fingerprint density at radius 3 is 2.64 bits per heavy atom. The molecule has 1 saturated carbocycles. The highest BCUT2D eigenvalue weighted by molar-refractivity contribution is 5.05. The Hall–Kier alpha value is -0.500. The summed E-state index contributed by atoms with van der Waals surface area (Å²) < 4.78 is 0. The lowest BCUT2D eigenvalue weighted by atomic mass is 10.1. The van der Waals surface area contributed by atoms with E-state index in [0.717, 1.165) is 18.7 Å². The zero-order chi connectivity index (χ0) is 8.01. The third-order valence-corrected chi connectivity index (χ3v) is 2.99. The van der Waals surface area contributed by atoms with Crippen LogP contribution in [-0.4, -0.2) is 28.7 Å². The van der Waals surface area contributed by atoms with Gasteiger partial charge in [-0.3, -0.25) is 0 Å². The van der Waals surface area contributed by atoms with E-state index in [2.05, 4.69) is 11.5 Å². The van der Waals surface area contributed by atoms with Crippen molar-refractivity contribution < 1.29 is 5.11 Å². The maximum absolute atomic E-state index is 9.46. The lowest BCUT2D eigenvalue weighted by Gasteiger charge is -2.31. The molecule has 2 aliphatic rings. The number of likely N-dealkylation sites (tertiary alicyclic amines) is 1. The zero-order valence-corrected chi connectivity index (χ0v) is 6.95. The number of hydrogen-bond donors (Lipinski definition) is 1. The first kappa shape index (κ1) is 7.17. The largest absolute Gasteiger partial charge is 0.393 e. The van der Waals surface area contributed by atoms with Crippen LogP contribution in [0.3, 0.4) is 0 Å². The predicted molar refractivity (Wildman–Crippen MR) is 44.0 cm³/mol. The molecule has 0 radical (unpaired) electrons. The van der Waals surface area contributed by atoms with Crippen LogP contribution in [0.1, 0.15) is 19.8 Å². The second-order valence-electron chi connectivity index (χ2n) is 3.84. The molecule has 11 heavy (non-hydrogen) atoms. The van der Waals surface area contributed by atoms with Crippen LogP contribution in [-0.2, 0) is 0 Å². The van der Waals surface area contributed by atoms with Crippen molar-refractivity contribution in [2.75, 3.05) is 6.54 Å². The van der Waals surface area contributed by atoms with Crippen LogP contribution >= 0.6 is 0 Å². The van der Waals surface area contributed by atoms with Crippen molar-refractivity contribution in [2.45, 2.75) is 31.9 Å². The molecule has 62 valence electrons. The molecule has 0 aromatic rings. The molecule has 0 spiro atoms. The molecule has 1 saturated heterocycles. The monoisotopic (exact) mass is 153 g/mol. The van der Waals surface area contributed by atoms with Crippen LogP contribution in [0.5, 0.6) is 0 Å². The van der Waals surface area contributed by atoms with E-state index < -0.39 is 0 Å². The van der Waals surface area contributed by atoms with Crippen molar-refractivity contribution in [3.05, 3.63) is 12.3 Å². The predicted octanol–water partition coefficient (Wildman–Crippen LogP) is 0.975. The van der Waals surface area contributed by atoms with Gasteiger partial charge in [0.05, 0.1) is 6.10 Å². The Bertz CT molecular complexity index is 188. The molecule has 1 N–H and O–H groups in total. The standard InChI is InChI=1S/C9H15NO/c1-6(2)10-5-7-3-8(10)4-9(7)11/h7-9,11H,1,3-5H2,2H3. The Balaban J connectivity index is 2.08. The Labute approximate surface area is 67.5 Å². The molecule has 0 amide bonds. The van der Waals surface area contributed by atoms with Gasteiger partial charge in [-0.15, -0.1) is 0 Å². The number of piperidine rings is 1. The molecule has 1 aliphatic carbocycles. The van der Waals surface area contributed by atoms with E-state index in [-0.39, 0.29) is 6.10 Å². The molecule has 0 aromatic carbocycles. The highest BCUT2D eigenvalue weighted by Gasteiger charge is 2.43. The molecule has 0 aromatic heterocycles. The van der Waals surface area contributed by atoms with Crippen molar-refractivity contribution >= 4 is 0 Å². The second-order valence-corrected chi connectivity index (χ2v) is 3.84. The quantitative estimate of drug-likeness (QED) is 0.607. The van der Waals surface area contributed by atoms with Gasteiger partial charge in [-0.05, 0) is 19.8 Å². The molecule has 2 nitrogen and oxygen atoms in total. The summed E-state index contributed by atoms with van der Waals surface area (Å²) in [7, 11) is 0. The summed E-state index contributed by atoms with van der Waals surface area (Å²) in [6, 6.07) is 0.590. The summed E-state index contributed by atoms with van der Waals surface area (Å²) in [5.74, 6) is 0.525. The molecular weight excluding hydrogens is 138 g/mol. The molecule has 1 aliphatic heterocycles. The average Bonchev–Trinajstić information content (AvgIpc) is 2.43. The third kappa shape index (κ3) is 0.968. The van der Waals surface area contributed by atoms with Gasteiger partial charge in [0, 0.05) is 24.2 Å². The SMILES string of the molecule is C=C(C)N1CC2CC1CC2O. The van der Waals surface area contributed by atoms with Crippen LogP contribution in [0.4, 0.5) is 0 Å². The van der Waals surface area contributed by atoms with Gasteiger partial charge in [0.1, 0.15) is 0 Å². The van der Waals surface area contributed by atoms with Gasteiger partial charge in [0.25, 0.3) is 0 Å². The van der Waals surface area contributed by atoms with Crippen molar-refractivity contribution in [3.63, 3.8) is 0 Å². The fourth-order valence-corrected chi connectivity index (χ4v) is 2.39. The Morgan fingerprint density at radius 2 is 2.27 bits per heavy atom. The summed E-state index contributed by atoms with van der Waals surface area (Å²) in [4.78, 5) is 2.33. The van der Waals surface area contributed by atoms with E-state index in [0.29, 0.717) is 12.0 Å². The van der Waals surface area contributed by atoms with Crippen LogP contribution in [0.15, 0.2) is 12.3 Å². The van der Waals surface area contributed by atoms with E-state index in [1.807, 2.05) is 6.92 Å². The highest BCUT2D eigenvalue weighted by Crippen LogP contribution is 2.39. The first-order valence-electron chi connectivity index (χ1n) is 4.28. The molecule has 3 unspecified atom stereocenters. The number of hydrogen-bond acceptors (Lipinski definition) is 2. The molecule has 2 heteroatoms. The lowest BCUT2D eigenvalue weighted by molar-refractivity contribution is 0.0876. The van der Waals surface area contributed by atoms with Crippen molar-refractivity contribution in [2.24, 2.45) is 5.92 Å². The number of rotatable bonds is 1. The molecule has 2 bridgehead atoms. The zero-order valence-electron chi connectivity index (χ0n) is 6.95. The van der Waals surface area contributed by atoms with Crippen LogP contribution < -0.4 is 0 Å². The van der Waals surface area contributed by atoms with Crippen LogP contribution in [0.2, 0.25) is 0 Å². The number of aliphatic hydroxyl groups is 1. The maximum Gasteiger partial charge on any atom is 0.0605 e. The lowest BCUT2D eigenvalue weighted by Crippen LogP contribution is -2.35. The van der Waals surface area contributed by atoms with E-state index in [1.165, 1.54) is 6.42 Å². The van der Waals surface area contributed by atoms with E-state index in [9.17, 15) is 5.11 Å². The maximum atomic E-state index is 9.46. The van der Waals surface area contributed by atoms with Gasteiger partial charge in [-0.1, -0.05) is 6.58 Å². The molecule has 2 rings (SSSR count). The molecule has 1 heterocycles. The third-order valence-electron chi connectivity index (χ3n) is 2.99. The first-order chi connectivity index (χ1) is 5.18. The molecular formula is C9H15NO. The minimum atomic E-state index is -0.0319. The topological polar surface area (TPSA) is 23.5 Å². The van der Waals surface area contributed by atoms with Gasteiger partial charge in [0.15, 0.2) is 0 Å². The fraction of sp³-hybridized carbons (Fsp3) is 0.778. The number of allylic oxidation sites excluding steroid dienone is 1. The number of fused-ring (bicyclic) bond motifs is 2. The van der Waals surface area contributed by atoms with E-state index in [1.54, 1.807) is 0 Å². The summed E-state index contributed by atoms with van der Waals surface area (Å²) >= 11 is 0. The summed E-state index contributed by atoms with van der Waals surface area (Å²) in [5, 5.41) is 9.46. The number of aliphatic hydroxyl groups excluding tert-OH is 1. The van der Waals surface area contributed by atoms with Crippen LogP contribution in [0.25, 0.3) is 0 Å². The van der Waals surface area contributed by atoms with Crippen molar-refractivity contribution in [3.8, 4) is 0 Å². The minimum absolute atomic E-state index is 0.0319. The van der Waals surface area contributed by atoms with Gasteiger partial charge in [0.2, 0.25) is 0 Å². The smallest absolute Gasteiger partial charge is 0.0605 e. The fourth-order valence-electron chi connectivity index (χ4n) is 2.39. The molecule has 2 fully saturated rings. The normalized spacial score (nSPS) is 41.6. The minimum Gasteiger partial charge on any atom is -0.393 e.